The van der Waals surface area contributed by atoms with Crippen molar-refractivity contribution in [1.29, 1.82) is 0 Å². The van der Waals surface area contributed by atoms with E-state index < -0.39 is 7.12 Å². The molecule has 73 heavy (non-hydrogen) atoms. The predicted molar refractivity (Wildman–Crippen MR) is 318 cm³/mol. The van der Waals surface area contributed by atoms with Crippen LogP contribution < -0.4 is 15.5 Å². The summed E-state index contributed by atoms with van der Waals surface area (Å²) in [7, 11) is 0.332. The summed E-state index contributed by atoms with van der Waals surface area (Å²) in [6, 6.07) is 52.4. The summed E-state index contributed by atoms with van der Waals surface area (Å²) >= 11 is 5.88. The first kappa shape index (κ1) is 56.9. The fourth-order valence-corrected chi connectivity index (χ4v) is 14.4. The van der Waals surface area contributed by atoms with E-state index in [0.717, 1.165) is 50.3 Å². The van der Waals surface area contributed by atoms with E-state index in [1.807, 2.05) is 68.6 Å². The number of nitrogens with zero attached hydrogens (tertiary/aromatic N) is 2. The summed E-state index contributed by atoms with van der Waals surface area (Å²) in [5, 5.41) is 22.4. The first-order valence-electron chi connectivity index (χ1n) is 26.3. The van der Waals surface area contributed by atoms with Crippen LogP contribution in [0.3, 0.4) is 0 Å². The van der Waals surface area contributed by atoms with Crippen molar-refractivity contribution >= 4 is 59.2 Å². The monoisotopic (exact) mass is 1010 g/mol. The Morgan fingerprint density at radius 3 is 1.67 bits per heavy atom. The van der Waals surface area contributed by atoms with Crippen molar-refractivity contribution in [1.82, 2.24) is 9.97 Å². The lowest BCUT2D eigenvalue weighted by molar-refractivity contribution is 0.416. The molecule has 0 spiro atoms. The van der Waals surface area contributed by atoms with E-state index in [1.54, 1.807) is 11.4 Å². The van der Waals surface area contributed by atoms with Crippen molar-refractivity contribution in [3.05, 3.63) is 185 Å². The summed E-state index contributed by atoms with van der Waals surface area (Å²) in [4.78, 5) is 9.09. The second kappa shape index (κ2) is 27.8. The van der Waals surface area contributed by atoms with Crippen LogP contribution in [0.4, 0.5) is 0 Å². The Labute approximate surface area is 444 Å². The molecule has 2 N–H and O–H groups in total. The first-order chi connectivity index (χ1) is 34.8. The van der Waals surface area contributed by atoms with Gasteiger partial charge in [0, 0.05) is 21.9 Å². The van der Waals surface area contributed by atoms with Crippen LogP contribution in [0.2, 0.25) is 5.15 Å². The number of aromatic nitrogens is 2. The fourth-order valence-electron chi connectivity index (χ4n) is 10.3. The van der Waals surface area contributed by atoms with Gasteiger partial charge in [0.15, 0.2) is 0 Å². The van der Waals surface area contributed by atoms with Gasteiger partial charge in [0.05, 0.1) is 23.8 Å². The van der Waals surface area contributed by atoms with Gasteiger partial charge < -0.3 is 14.8 Å². The number of ether oxygens (including phenoxy) is 1. The Hall–Kier alpha value is -5.36. The molecule has 2 heterocycles. The highest BCUT2D eigenvalue weighted by molar-refractivity contribution is 7.67. The van der Waals surface area contributed by atoms with Gasteiger partial charge in [-0.1, -0.05) is 208 Å². The molecule has 10 rings (SSSR count). The number of hydrogen-bond donors (Lipinski definition) is 2. The third kappa shape index (κ3) is 15.1. The molecule has 8 aromatic rings. The molecule has 8 heteroatoms. The lowest BCUT2D eigenvalue weighted by atomic mass is 9.79. The Kier molecular flexibility index (Phi) is 21.7. The number of aryl methyl sites for hydroxylation is 3. The molecule has 0 atom stereocenters. The van der Waals surface area contributed by atoms with Crippen LogP contribution in [-0.4, -0.2) is 45.6 Å². The van der Waals surface area contributed by atoms with Crippen molar-refractivity contribution < 1.29 is 14.8 Å². The summed E-state index contributed by atoms with van der Waals surface area (Å²) in [5.74, 6) is 1.98. The van der Waals surface area contributed by atoms with Gasteiger partial charge in [-0.05, 0) is 150 Å². The van der Waals surface area contributed by atoms with Gasteiger partial charge in [0.25, 0.3) is 0 Å². The maximum Gasteiger partial charge on any atom is 0.488 e. The largest absolute Gasteiger partial charge is 0.496 e. The minimum atomic E-state index is -1.36. The van der Waals surface area contributed by atoms with Crippen molar-refractivity contribution in [2.45, 2.75) is 143 Å². The van der Waals surface area contributed by atoms with E-state index in [-0.39, 0.29) is 15.3 Å². The summed E-state index contributed by atoms with van der Waals surface area (Å²) in [6.45, 7) is 14.9. The highest BCUT2D eigenvalue weighted by atomic mass is 35.5. The zero-order valence-electron chi connectivity index (χ0n) is 43.9. The molecule has 2 saturated carbocycles. The third-order valence-electron chi connectivity index (χ3n) is 14.3. The van der Waals surface area contributed by atoms with Gasteiger partial charge in [0.2, 0.25) is 0 Å². The van der Waals surface area contributed by atoms with Crippen LogP contribution in [0.1, 0.15) is 139 Å². The molecular weight excluding hydrogens is 934 g/mol. The number of rotatable bonds is 9. The van der Waals surface area contributed by atoms with Gasteiger partial charge in [-0.3, -0.25) is 0 Å². The molecule has 382 valence electrons. The standard InChI is InChI=1S/C26H35OP.C19H19N.C10H8ClN.C9H13BO2.CH4/c1-20-12-11-18-24(27-2)26(20)23-17-9-10-19-25(23)28(21-13-5-3-6-14-21)22-15-7-4-8-16-22;1-13(2)15-8-6-9-17(12-15)19-14(3)11-16-7-4-5-10-18(16)20-19;1-7-6-8-4-2-3-5-9(8)12-10(7)11;1-7(2)8-4-3-5-9(6-8)10(11)12;/h9-12,17-19,21-22H,3-8,13-16H2,1-2H3;4-13H,1-3H3;2-6H,1H3;3-7,11-12H,1-2H3;1H4. The molecular formula is C65H79BClN2O3P. The van der Waals surface area contributed by atoms with Gasteiger partial charge in [-0.15, -0.1) is 0 Å². The number of halogens is 1. The second-order valence-electron chi connectivity index (χ2n) is 20.3. The fraction of sp³-hybridized carbons (Fsp3) is 0.354. The van der Waals surface area contributed by atoms with Crippen LogP contribution in [0.15, 0.2) is 152 Å². The number of benzene rings is 6. The van der Waals surface area contributed by atoms with E-state index in [0.29, 0.717) is 22.5 Å². The molecule has 2 aliphatic carbocycles. The van der Waals surface area contributed by atoms with Crippen LogP contribution in [0.25, 0.3) is 44.2 Å². The van der Waals surface area contributed by atoms with Gasteiger partial charge in [-0.2, -0.15) is 0 Å². The van der Waals surface area contributed by atoms with Crippen LogP contribution in [0, 0.1) is 20.8 Å². The maximum absolute atomic E-state index is 8.89. The minimum absolute atomic E-state index is 0. The highest BCUT2D eigenvalue weighted by Gasteiger charge is 2.34. The average Bonchev–Trinajstić information content (AvgIpc) is 3.40. The predicted octanol–water partition coefficient (Wildman–Crippen LogP) is 17.1. The van der Waals surface area contributed by atoms with Gasteiger partial charge in [-0.25, -0.2) is 9.97 Å². The van der Waals surface area contributed by atoms with Crippen molar-refractivity contribution in [2.75, 3.05) is 7.11 Å². The van der Waals surface area contributed by atoms with Crippen LogP contribution >= 0.6 is 19.5 Å². The average molecular weight is 1010 g/mol. The number of methoxy groups -OCH3 is 1. The number of fused-ring (bicyclic) bond motifs is 2. The lowest BCUT2D eigenvalue weighted by Gasteiger charge is -2.39. The van der Waals surface area contributed by atoms with Gasteiger partial charge in [0.1, 0.15) is 10.9 Å². The van der Waals surface area contributed by atoms with Crippen molar-refractivity contribution in [2.24, 2.45) is 0 Å². The number of pyridine rings is 2. The zero-order chi connectivity index (χ0) is 51.1. The highest BCUT2D eigenvalue weighted by Crippen LogP contribution is 2.56. The van der Waals surface area contributed by atoms with Gasteiger partial charge >= 0.3 is 7.12 Å². The molecule has 2 aliphatic rings. The van der Waals surface area contributed by atoms with Crippen LogP contribution in [0.5, 0.6) is 5.75 Å². The van der Waals surface area contributed by atoms with E-state index in [4.69, 9.17) is 31.4 Å². The molecule has 0 amide bonds. The molecule has 0 bridgehead atoms. The lowest BCUT2D eigenvalue weighted by Crippen LogP contribution is -2.29. The SMILES string of the molecule is C.CC(C)c1cccc(B(O)O)c1.COc1cccc(C)c1-c1ccccc1P(C1CCCCC1)C1CCCCC1.Cc1cc2ccccc2nc1-c1cccc(C(C)C)c1.Cc1cc2ccccc2nc1Cl. The van der Waals surface area contributed by atoms with E-state index in [1.165, 1.54) is 103 Å². The summed E-state index contributed by atoms with van der Waals surface area (Å²) < 4.78 is 5.81. The molecule has 6 aromatic carbocycles. The Morgan fingerprint density at radius 2 is 1.08 bits per heavy atom. The zero-order valence-corrected chi connectivity index (χ0v) is 45.6. The molecule has 0 saturated heterocycles. The Balaban J connectivity index is 0.000000169. The number of para-hydroxylation sites is 2. The van der Waals surface area contributed by atoms with Crippen LogP contribution in [-0.2, 0) is 0 Å². The number of hydrogen-bond acceptors (Lipinski definition) is 5. The molecule has 0 unspecified atom stereocenters. The summed E-state index contributed by atoms with van der Waals surface area (Å²) in [6.07, 6.45) is 14.4. The first-order valence-corrected chi connectivity index (χ1v) is 28.1. The van der Waals surface area contributed by atoms with E-state index in [2.05, 4.69) is 138 Å². The maximum atomic E-state index is 8.89. The topological polar surface area (TPSA) is 75.5 Å². The molecule has 5 nitrogen and oxygen atoms in total. The smallest absolute Gasteiger partial charge is 0.488 e. The molecule has 2 fully saturated rings. The Bertz CT molecular complexity index is 2920. The minimum Gasteiger partial charge on any atom is -0.496 e. The molecule has 0 radical (unpaired) electrons. The normalized spacial score (nSPS) is 13.8. The van der Waals surface area contributed by atoms with Crippen molar-refractivity contribution in [3.8, 4) is 28.1 Å². The quantitative estimate of drug-likeness (QED) is 0.0856. The van der Waals surface area contributed by atoms with E-state index in [9.17, 15) is 0 Å². The van der Waals surface area contributed by atoms with Crippen molar-refractivity contribution in [3.63, 3.8) is 0 Å². The molecule has 2 aromatic heterocycles. The molecule has 0 aliphatic heterocycles. The third-order valence-corrected chi connectivity index (χ3v) is 18.2. The van der Waals surface area contributed by atoms with E-state index >= 15 is 0 Å². The second-order valence-corrected chi connectivity index (χ2v) is 23.4. The Morgan fingerprint density at radius 1 is 0.562 bits per heavy atom. The summed E-state index contributed by atoms with van der Waals surface area (Å²) in [5.41, 5.74) is 15.5.